The summed E-state index contributed by atoms with van der Waals surface area (Å²) >= 11 is 0. The van der Waals surface area contributed by atoms with E-state index in [0.717, 1.165) is 44.0 Å². The van der Waals surface area contributed by atoms with Gasteiger partial charge in [0, 0.05) is 31.4 Å². The van der Waals surface area contributed by atoms with Crippen LogP contribution in [0.1, 0.15) is 30.9 Å². The second-order valence-corrected chi connectivity index (χ2v) is 5.26. The molecule has 1 saturated heterocycles. The Bertz CT molecular complexity index is 422. The van der Waals surface area contributed by atoms with Crippen molar-refractivity contribution in [3.05, 3.63) is 17.6 Å². The lowest BCUT2D eigenvalue weighted by Crippen LogP contribution is -2.45. The Labute approximate surface area is 115 Å². The minimum absolute atomic E-state index is 0.239. The van der Waals surface area contributed by atoms with Crippen molar-refractivity contribution in [2.45, 2.75) is 25.8 Å². The summed E-state index contributed by atoms with van der Waals surface area (Å²) in [6.45, 7) is 5.23. The van der Waals surface area contributed by atoms with Gasteiger partial charge in [-0.25, -0.2) is 15.8 Å². The molecular formula is C13H24N6. The molecule has 0 bridgehead atoms. The highest BCUT2D eigenvalue weighted by Gasteiger charge is 2.26. The molecular weight excluding hydrogens is 240 g/mol. The molecule has 1 aromatic heterocycles. The van der Waals surface area contributed by atoms with Gasteiger partial charge in [0.05, 0.1) is 6.04 Å². The molecule has 1 atom stereocenters. The molecule has 2 heterocycles. The molecule has 0 radical (unpaired) electrons. The van der Waals surface area contributed by atoms with E-state index in [9.17, 15) is 0 Å². The largest absolute Gasteiger partial charge is 0.308 e. The number of nitrogen functional groups attached to an aromatic ring is 1. The van der Waals surface area contributed by atoms with Crippen LogP contribution < -0.4 is 11.3 Å². The Morgan fingerprint density at radius 2 is 2.16 bits per heavy atom. The Balaban J connectivity index is 2.28. The summed E-state index contributed by atoms with van der Waals surface area (Å²) in [6.07, 6.45) is 2.03. The van der Waals surface area contributed by atoms with Gasteiger partial charge in [-0.05, 0) is 20.5 Å². The molecule has 3 N–H and O–H groups in total. The maximum absolute atomic E-state index is 5.51. The number of hydrogen-bond acceptors (Lipinski definition) is 6. The molecule has 1 aromatic rings. The van der Waals surface area contributed by atoms with E-state index >= 15 is 0 Å². The van der Waals surface area contributed by atoms with Crippen LogP contribution in [0.2, 0.25) is 0 Å². The smallest absolute Gasteiger partial charge is 0.149 e. The Morgan fingerprint density at radius 1 is 1.37 bits per heavy atom. The Hall–Kier alpha value is -1.24. The number of aryl methyl sites for hydroxylation is 1. The van der Waals surface area contributed by atoms with Gasteiger partial charge in [0.1, 0.15) is 11.6 Å². The minimum Gasteiger partial charge on any atom is -0.308 e. The number of piperazine rings is 1. The highest BCUT2D eigenvalue weighted by atomic mass is 15.3. The molecule has 1 aliphatic heterocycles. The van der Waals surface area contributed by atoms with Gasteiger partial charge >= 0.3 is 0 Å². The molecule has 0 aromatic carbocycles. The normalized spacial score (nSPS) is 21.6. The van der Waals surface area contributed by atoms with E-state index in [1.165, 1.54) is 0 Å². The highest BCUT2D eigenvalue weighted by Crippen LogP contribution is 2.22. The number of aromatic nitrogens is 2. The summed E-state index contributed by atoms with van der Waals surface area (Å²) in [7, 11) is 4.26. The molecule has 0 saturated carbocycles. The van der Waals surface area contributed by atoms with E-state index in [1.807, 2.05) is 6.07 Å². The fourth-order valence-corrected chi connectivity index (χ4v) is 2.41. The highest BCUT2D eigenvalue weighted by molar-refractivity contribution is 5.35. The molecule has 1 unspecified atom stereocenters. The van der Waals surface area contributed by atoms with Crippen molar-refractivity contribution in [2.75, 3.05) is 39.2 Å². The minimum atomic E-state index is 0.239. The van der Waals surface area contributed by atoms with Crippen LogP contribution in [-0.2, 0) is 6.42 Å². The molecule has 0 spiro atoms. The summed E-state index contributed by atoms with van der Waals surface area (Å²) < 4.78 is 0. The summed E-state index contributed by atoms with van der Waals surface area (Å²) in [5.74, 6) is 7.08. The quantitative estimate of drug-likeness (QED) is 0.614. The van der Waals surface area contributed by atoms with Gasteiger partial charge in [-0.2, -0.15) is 0 Å². The van der Waals surface area contributed by atoms with E-state index in [0.29, 0.717) is 5.82 Å². The van der Waals surface area contributed by atoms with E-state index < -0.39 is 0 Å². The van der Waals surface area contributed by atoms with E-state index in [2.05, 4.69) is 41.2 Å². The first-order valence-electron chi connectivity index (χ1n) is 6.87. The van der Waals surface area contributed by atoms with Crippen LogP contribution in [-0.4, -0.2) is 53.5 Å². The zero-order chi connectivity index (χ0) is 13.8. The van der Waals surface area contributed by atoms with Crippen molar-refractivity contribution in [2.24, 2.45) is 5.84 Å². The topological polar surface area (TPSA) is 70.3 Å². The third-order valence-corrected chi connectivity index (χ3v) is 3.60. The van der Waals surface area contributed by atoms with E-state index in [4.69, 9.17) is 10.8 Å². The maximum Gasteiger partial charge on any atom is 0.149 e. The van der Waals surface area contributed by atoms with Crippen molar-refractivity contribution >= 4 is 5.82 Å². The van der Waals surface area contributed by atoms with Gasteiger partial charge in [0.15, 0.2) is 0 Å². The first-order chi connectivity index (χ1) is 9.13. The first kappa shape index (κ1) is 14.2. The number of hydrazine groups is 1. The lowest BCUT2D eigenvalue weighted by molar-refractivity contribution is 0.109. The van der Waals surface area contributed by atoms with Gasteiger partial charge in [0.25, 0.3) is 0 Å². The van der Waals surface area contributed by atoms with Crippen molar-refractivity contribution in [1.82, 2.24) is 19.8 Å². The molecule has 0 amide bonds. The number of nitrogens with two attached hydrogens (primary N) is 1. The zero-order valence-corrected chi connectivity index (χ0v) is 12.1. The van der Waals surface area contributed by atoms with Crippen LogP contribution in [0, 0.1) is 0 Å². The molecule has 6 heteroatoms. The maximum atomic E-state index is 5.51. The van der Waals surface area contributed by atoms with Gasteiger partial charge in [-0.3, -0.25) is 4.90 Å². The fraction of sp³-hybridized carbons (Fsp3) is 0.692. The Kier molecular flexibility index (Phi) is 4.68. The van der Waals surface area contributed by atoms with Crippen LogP contribution in [0.25, 0.3) is 0 Å². The SMILES string of the molecule is CCCc1cc(NN)nc(C2CN(C)CCN2C)n1. The molecule has 0 aliphatic carbocycles. The van der Waals surface area contributed by atoms with Gasteiger partial charge in [-0.1, -0.05) is 13.3 Å². The van der Waals surface area contributed by atoms with Crippen LogP contribution in [0.3, 0.4) is 0 Å². The number of anilines is 1. The van der Waals surface area contributed by atoms with E-state index in [-0.39, 0.29) is 6.04 Å². The van der Waals surface area contributed by atoms with Crippen molar-refractivity contribution in [3.8, 4) is 0 Å². The van der Waals surface area contributed by atoms with Crippen LogP contribution in [0.15, 0.2) is 6.07 Å². The van der Waals surface area contributed by atoms with Crippen LogP contribution >= 0.6 is 0 Å². The molecule has 106 valence electrons. The molecule has 6 nitrogen and oxygen atoms in total. The van der Waals surface area contributed by atoms with Gasteiger partial charge < -0.3 is 10.3 Å². The fourth-order valence-electron chi connectivity index (χ4n) is 2.41. The van der Waals surface area contributed by atoms with Gasteiger partial charge in [-0.15, -0.1) is 0 Å². The summed E-state index contributed by atoms with van der Waals surface area (Å²) in [4.78, 5) is 13.9. The predicted molar refractivity (Wildman–Crippen MR) is 76.7 cm³/mol. The summed E-state index contributed by atoms with van der Waals surface area (Å²) in [5, 5.41) is 0. The predicted octanol–water partition coefficient (Wildman–Crippen LogP) is 0.633. The molecule has 1 fully saturated rings. The van der Waals surface area contributed by atoms with Crippen molar-refractivity contribution in [3.63, 3.8) is 0 Å². The average Bonchev–Trinajstić information content (AvgIpc) is 2.41. The lowest BCUT2D eigenvalue weighted by Gasteiger charge is -2.36. The van der Waals surface area contributed by atoms with E-state index in [1.54, 1.807) is 0 Å². The number of nitrogens with zero attached hydrogens (tertiary/aromatic N) is 4. The number of rotatable bonds is 4. The molecule has 2 rings (SSSR count). The average molecular weight is 264 g/mol. The van der Waals surface area contributed by atoms with Crippen LogP contribution in [0.4, 0.5) is 5.82 Å². The van der Waals surface area contributed by atoms with Crippen molar-refractivity contribution < 1.29 is 0 Å². The molecule has 1 aliphatic rings. The third kappa shape index (κ3) is 3.40. The Morgan fingerprint density at radius 3 is 2.84 bits per heavy atom. The van der Waals surface area contributed by atoms with Crippen molar-refractivity contribution in [1.29, 1.82) is 0 Å². The van der Waals surface area contributed by atoms with Gasteiger partial charge in [0.2, 0.25) is 0 Å². The second kappa shape index (κ2) is 6.27. The summed E-state index contributed by atoms with van der Waals surface area (Å²) in [6, 6.07) is 2.17. The monoisotopic (exact) mass is 264 g/mol. The standard InChI is InChI=1S/C13H24N6/c1-4-5-10-8-12(17-14)16-13(15-10)11-9-18(2)6-7-19(11)3/h8,11H,4-7,9,14H2,1-3H3,(H,15,16,17). The summed E-state index contributed by atoms with van der Waals surface area (Å²) in [5.41, 5.74) is 3.71. The van der Waals surface area contributed by atoms with Crippen LogP contribution in [0.5, 0.6) is 0 Å². The number of likely N-dealkylation sites (N-methyl/N-ethyl adjacent to an activating group) is 2. The molecule has 19 heavy (non-hydrogen) atoms. The zero-order valence-electron chi connectivity index (χ0n) is 12.1. The second-order valence-electron chi connectivity index (χ2n) is 5.26. The number of hydrogen-bond donors (Lipinski definition) is 2. The lowest BCUT2D eigenvalue weighted by atomic mass is 10.1. The third-order valence-electron chi connectivity index (χ3n) is 3.60. The number of nitrogens with one attached hydrogen (secondary N) is 1. The first-order valence-corrected chi connectivity index (χ1v) is 6.87.